The van der Waals surface area contributed by atoms with Crippen LogP contribution in [0.4, 0.5) is 11.4 Å². The SMILES string of the molecule is CC(NC(C)c1ccccc1Cl)C(=O)Nc1ccc(N2CCCC2=O)cc1. The van der Waals surface area contributed by atoms with E-state index in [-0.39, 0.29) is 17.9 Å². The Labute approximate surface area is 164 Å². The molecular weight excluding hydrogens is 362 g/mol. The largest absolute Gasteiger partial charge is 0.325 e. The fraction of sp³-hybridized carbons (Fsp3) is 0.333. The maximum absolute atomic E-state index is 12.5. The Morgan fingerprint density at radius 3 is 2.44 bits per heavy atom. The van der Waals surface area contributed by atoms with Gasteiger partial charge in [-0.2, -0.15) is 0 Å². The van der Waals surface area contributed by atoms with Crippen molar-refractivity contribution in [3.8, 4) is 0 Å². The molecule has 2 unspecified atom stereocenters. The van der Waals surface area contributed by atoms with Crippen LogP contribution in [0.2, 0.25) is 5.02 Å². The first-order chi connectivity index (χ1) is 13.0. The number of carbonyl (C=O) groups is 2. The molecule has 3 rings (SSSR count). The lowest BCUT2D eigenvalue weighted by Crippen LogP contribution is -2.39. The van der Waals surface area contributed by atoms with Gasteiger partial charge in [-0.15, -0.1) is 0 Å². The molecule has 2 aromatic carbocycles. The third-order valence-corrected chi connectivity index (χ3v) is 5.13. The zero-order valence-electron chi connectivity index (χ0n) is 15.5. The second kappa shape index (κ2) is 8.55. The van der Waals surface area contributed by atoms with E-state index in [0.29, 0.717) is 17.1 Å². The molecule has 0 radical (unpaired) electrons. The molecule has 27 heavy (non-hydrogen) atoms. The highest BCUT2D eigenvalue weighted by Crippen LogP contribution is 2.24. The predicted molar refractivity (Wildman–Crippen MR) is 109 cm³/mol. The average molecular weight is 386 g/mol. The van der Waals surface area contributed by atoms with Crippen molar-refractivity contribution < 1.29 is 9.59 Å². The van der Waals surface area contributed by atoms with Crippen molar-refractivity contribution in [1.29, 1.82) is 0 Å². The minimum Gasteiger partial charge on any atom is -0.325 e. The average Bonchev–Trinajstić information content (AvgIpc) is 3.08. The summed E-state index contributed by atoms with van der Waals surface area (Å²) in [5.74, 6) is 0.0251. The normalized spacial score (nSPS) is 16.3. The zero-order valence-corrected chi connectivity index (χ0v) is 16.3. The van der Waals surface area contributed by atoms with Crippen molar-refractivity contribution in [2.45, 2.75) is 38.8 Å². The molecule has 142 valence electrons. The van der Waals surface area contributed by atoms with Crippen LogP contribution in [0.5, 0.6) is 0 Å². The summed E-state index contributed by atoms with van der Waals surface area (Å²) >= 11 is 6.22. The van der Waals surface area contributed by atoms with Crippen molar-refractivity contribution in [3.05, 3.63) is 59.1 Å². The molecule has 1 saturated heterocycles. The number of hydrogen-bond donors (Lipinski definition) is 2. The highest BCUT2D eigenvalue weighted by molar-refractivity contribution is 6.31. The maximum atomic E-state index is 12.5. The van der Waals surface area contributed by atoms with Crippen LogP contribution in [0, 0.1) is 0 Å². The summed E-state index contributed by atoms with van der Waals surface area (Å²) in [5.41, 5.74) is 2.53. The minimum absolute atomic E-state index is 0.0528. The number of hydrogen-bond acceptors (Lipinski definition) is 3. The van der Waals surface area contributed by atoms with Crippen molar-refractivity contribution >= 4 is 34.8 Å². The summed E-state index contributed by atoms with van der Waals surface area (Å²) in [6.07, 6.45) is 1.50. The van der Waals surface area contributed by atoms with E-state index in [0.717, 1.165) is 24.2 Å². The molecule has 0 aliphatic carbocycles. The molecule has 2 amide bonds. The van der Waals surface area contributed by atoms with E-state index < -0.39 is 6.04 Å². The molecule has 2 atom stereocenters. The molecule has 5 nitrogen and oxygen atoms in total. The first kappa shape index (κ1) is 19.4. The molecular formula is C21H24ClN3O2. The lowest BCUT2D eigenvalue weighted by molar-refractivity contribution is -0.118. The van der Waals surface area contributed by atoms with Crippen molar-refractivity contribution in [1.82, 2.24) is 5.32 Å². The number of carbonyl (C=O) groups excluding carboxylic acids is 2. The number of nitrogens with one attached hydrogen (secondary N) is 2. The van der Waals surface area contributed by atoms with Gasteiger partial charge in [-0.25, -0.2) is 0 Å². The van der Waals surface area contributed by atoms with Crippen LogP contribution in [-0.4, -0.2) is 24.4 Å². The van der Waals surface area contributed by atoms with E-state index in [1.54, 1.807) is 4.90 Å². The third kappa shape index (κ3) is 4.67. The zero-order chi connectivity index (χ0) is 19.4. The van der Waals surface area contributed by atoms with E-state index >= 15 is 0 Å². The van der Waals surface area contributed by atoms with E-state index in [9.17, 15) is 9.59 Å². The molecule has 1 heterocycles. The number of nitrogens with zero attached hydrogens (tertiary/aromatic N) is 1. The Bertz CT molecular complexity index is 822. The van der Waals surface area contributed by atoms with Gasteiger partial charge in [0.15, 0.2) is 0 Å². The Hall–Kier alpha value is -2.37. The molecule has 1 fully saturated rings. The summed E-state index contributed by atoms with van der Waals surface area (Å²) in [5, 5.41) is 6.85. The third-order valence-electron chi connectivity index (χ3n) is 4.78. The Balaban J connectivity index is 1.58. The monoisotopic (exact) mass is 385 g/mol. The first-order valence-electron chi connectivity index (χ1n) is 9.17. The first-order valence-corrected chi connectivity index (χ1v) is 9.55. The van der Waals surface area contributed by atoms with Gasteiger partial charge in [-0.3, -0.25) is 14.9 Å². The standard InChI is InChI=1S/C21H24ClN3O2/c1-14(18-6-3-4-7-19(18)22)23-15(2)21(27)24-16-9-11-17(12-10-16)25-13-5-8-20(25)26/h3-4,6-7,9-12,14-15,23H,5,8,13H2,1-2H3,(H,24,27). The van der Waals surface area contributed by atoms with E-state index in [1.165, 1.54) is 0 Å². The quantitative estimate of drug-likeness (QED) is 0.785. The lowest BCUT2D eigenvalue weighted by Gasteiger charge is -2.21. The minimum atomic E-state index is -0.392. The number of rotatable bonds is 6. The topological polar surface area (TPSA) is 61.4 Å². The molecule has 1 aliphatic heterocycles. The van der Waals surface area contributed by atoms with Crippen LogP contribution in [0.3, 0.4) is 0 Å². The Morgan fingerprint density at radius 2 is 1.81 bits per heavy atom. The summed E-state index contributed by atoms with van der Waals surface area (Å²) < 4.78 is 0. The van der Waals surface area contributed by atoms with Gasteiger partial charge < -0.3 is 10.2 Å². The number of halogens is 1. The van der Waals surface area contributed by atoms with Crippen LogP contribution < -0.4 is 15.5 Å². The second-order valence-electron chi connectivity index (χ2n) is 6.82. The number of anilines is 2. The van der Waals surface area contributed by atoms with Crippen molar-refractivity contribution in [2.24, 2.45) is 0 Å². The van der Waals surface area contributed by atoms with Gasteiger partial charge in [0, 0.05) is 35.4 Å². The van der Waals surface area contributed by atoms with Crippen molar-refractivity contribution in [2.75, 3.05) is 16.8 Å². The van der Waals surface area contributed by atoms with E-state index in [4.69, 9.17) is 11.6 Å². The van der Waals surface area contributed by atoms with E-state index in [1.807, 2.05) is 62.4 Å². The fourth-order valence-corrected chi connectivity index (χ4v) is 3.56. The number of benzene rings is 2. The van der Waals surface area contributed by atoms with Gasteiger partial charge in [-0.05, 0) is 56.2 Å². The van der Waals surface area contributed by atoms with Crippen LogP contribution in [0.25, 0.3) is 0 Å². The summed E-state index contributed by atoms with van der Waals surface area (Å²) in [7, 11) is 0. The summed E-state index contributed by atoms with van der Waals surface area (Å²) in [6.45, 7) is 4.55. The van der Waals surface area contributed by atoms with Gasteiger partial charge in [0.1, 0.15) is 0 Å². The van der Waals surface area contributed by atoms with Gasteiger partial charge in [0.05, 0.1) is 6.04 Å². The van der Waals surface area contributed by atoms with Crippen molar-refractivity contribution in [3.63, 3.8) is 0 Å². The Kier molecular flexibility index (Phi) is 6.14. The van der Waals surface area contributed by atoms with Crippen LogP contribution in [0.15, 0.2) is 48.5 Å². The van der Waals surface area contributed by atoms with E-state index in [2.05, 4.69) is 10.6 Å². The summed E-state index contributed by atoms with van der Waals surface area (Å²) in [6, 6.07) is 14.5. The molecule has 2 N–H and O–H groups in total. The highest BCUT2D eigenvalue weighted by atomic mass is 35.5. The molecule has 1 aliphatic rings. The van der Waals surface area contributed by atoms with Crippen LogP contribution in [0.1, 0.15) is 38.3 Å². The predicted octanol–water partition coefficient (Wildman–Crippen LogP) is 4.14. The number of amides is 2. The van der Waals surface area contributed by atoms with Crippen LogP contribution in [-0.2, 0) is 9.59 Å². The fourth-order valence-electron chi connectivity index (χ4n) is 3.26. The molecule has 0 aromatic heterocycles. The Morgan fingerprint density at radius 1 is 1.11 bits per heavy atom. The summed E-state index contributed by atoms with van der Waals surface area (Å²) in [4.78, 5) is 26.1. The van der Waals surface area contributed by atoms with Gasteiger partial charge in [0.2, 0.25) is 11.8 Å². The highest BCUT2D eigenvalue weighted by Gasteiger charge is 2.22. The van der Waals surface area contributed by atoms with Crippen LogP contribution >= 0.6 is 11.6 Å². The molecule has 0 spiro atoms. The van der Waals surface area contributed by atoms with Gasteiger partial charge in [0.25, 0.3) is 0 Å². The molecule has 0 saturated carbocycles. The smallest absolute Gasteiger partial charge is 0.241 e. The van der Waals surface area contributed by atoms with Gasteiger partial charge in [-0.1, -0.05) is 29.8 Å². The van der Waals surface area contributed by atoms with Gasteiger partial charge >= 0.3 is 0 Å². The maximum Gasteiger partial charge on any atom is 0.241 e. The molecule has 2 aromatic rings. The molecule has 0 bridgehead atoms. The molecule has 6 heteroatoms. The second-order valence-corrected chi connectivity index (χ2v) is 7.22. The lowest BCUT2D eigenvalue weighted by atomic mass is 10.1.